The van der Waals surface area contributed by atoms with Gasteiger partial charge in [-0.25, -0.2) is 0 Å². The van der Waals surface area contributed by atoms with Crippen LogP contribution in [-0.4, -0.2) is 60.3 Å². The van der Waals surface area contributed by atoms with Crippen LogP contribution in [0.4, 0.5) is 0 Å². The van der Waals surface area contributed by atoms with Gasteiger partial charge < -0.3 is 21.3 Å². The number of hydrogen-bond acceptors (Lipinski definition) is 6. The molecule has 0 bridgehead atoms. The number of thioether (sulfide) groups is 1. The molecule has 4 N–H and O–H groups in total. The van der Waals surface area contributed by atoms with Crippen molar-refractivity contribution >= 4 is 34.6 Å². The van der Waals surface area contributed by atoms with Crippen molar-refractivity contribution in [3.05, 3.63) is 0 Å². The molecule has 2 atom stereocenters. The highest BCUT2D eigenvalue weighted by molar-refractivity contribution is 8.13. The average molecular weight is 585 g/mol. The number of nitrogens with one attached hydrogen (secondary N) is 4. The molecule has 0 aliphatic heterocycles. The summed E-state index contributed by atoms with van der Waals surface area (Å²) < 4.78 is 0. The molecule has 0 heterocycles. The Kier molecular flexibility index (Phi) is 24.1. The van der Waals surface area contributed by atoms with Gasteiger partial charge in [-0.05, 0) is 70.1 Å². The first-order chi connectivity index (χ1) is 19.1. The second-order valence-electron chi connectivity index (χ2n) is 11.6. The van der Waals surface area contributed by atoms with Crippen LogP contribution in [0.15, 0.2) is 0 Å². The summed E-state index contributed by atoms with van der Waals surface area (Å²) in [4.78, 5) is 50.6. The van der Waals surface area contributed by atoms with E-state index in [4.69, 9.17) is 0 Å². The third-order valence-corrected chi connectivity index (χ3v) is 7.55. The Labute approximate surface area is 249 Å². The summed E-state index contributed by atoms with van der Waals surface area (Å²) >= 11 is 1.12. The lowest BCUT2D eigenvalue weighted by molar-refractivity contribution is -0.130. The summed E-state index contributed by atoms with van der Waals surface area (Å²) in [5.41, 5.74) is 0. The van der Waals surface area contributed by atoms with E-state index in [1.165, 1.54) is 0 Å². The van der Waals surface area contributed by atoms with Crippen LogP contribution in [0.2, 0.25) is 0 Å². The first-order valence-corrected chi connectivity index (χ1v) is 17.0. The largest absolute Gasteiger partial charge is 0.356 e. The molecular formula is C31H60N4O4S. The Balaban J connectivity index is 4.92. The van der Waals surface area contributed by atoms with Gasteiger partial charge in [0.2, 0.25) is 22.8 Å². The predicted molar refractivity (Wildman–Crippen MR) is 168 cm³/mol. The van der Waals surface area contributed by atoms with Gasteiger partial charge in [0.25, 0.3) is 0 Å². The third-order valence-electron chi connectivity index (χ3n) is 6.86. The summed E-state index contributed by atoms with van der Waals surface area (Å²) in [5.74, 6) is 0.243. The van der Waals surface area contributed by atoms with Gasteiger partial charge in [-0.2, -0.15) is 0 Å². The third kappa shape index (κ3) is 22.1. The Morgan fingerprint density at radius 1 is 0.650 bits per heavy atom. The zero-order valence-corrected chi connectivity index (χ0v) is 27.2. The van der Waals surface area contributed by atoms with E-state index in [2.05, 4.69) is 55.9 Å². The molecule has 0 rings (SSSR count). The van der Waals surface area contributed by atoms with Crippen LogP contribution in [0.25, 0.3) is 0 Å². The summed E-state index contributed by atoms with van der Waals surface area (Å²) in [6, 6.07) is -0.849. The van der Waals surface area contributed by atoms with Crippen LogP contribution in [0.1, 0.15) is 131 Å². The molecule has 0 aromatic heterocycles. The number of unbranched alkanes of at least 4 members (excludes halogenated alkanes) is 6. The number of rotatable bonds is 25. The molecular weight excluding hydrogens is 524 g/mol. The fourth-order valence-corrected chi connectivity index (χ4v) is 4.86. The van der Waals surface area contributed by atoms with Gasteiger partial charge in [0.05, 0.1) is 6.04 Å². The maximum absolute atomic E-state index is 13.3. The lowest BCUT2D eigenvalue weighted by atomic mass is 10.0. The van der Waals surface area contributed by atoms with Crippen molar-refractivity contribution < 1.29 is 19.2 Å². The van der Waals surface area contributed by atoms with Gasteiger partial charge in [0.1, 0.15) is 6.04 Å². The summed E-state index contributed by atoms with van der Waals surface area (Å²) in [6.45, 7) is 12.1. The minimum absolute atomic E-state index is 0.0643. The van der Waals surface area contributed by atoms with E-state index in [9.17, 15) is 19.2 Å². The van der Waals surface area contributed by atoms with Crippen molar-refractivity contribution in [2.24, 2.45) is 5.92 Å². The van der Waals surface area contributed by atoms with Gasteiger partial charge in [-0.1, -0.05) is 78.5 Å². The van der Waals surface area contributed by atoms with E-state index in [0.717, 1.165) is 82.5 Å². The second kappa shape index (κ2) is 25.1. The lowest BCUT2D eigenvalue weighted by Crippen LogP contribution is -2.51. The summed E-state index contributed by atoms with van der Waals surface area (Å²) in [6.07, 6.45) is 14.0. The standard InChI is InChI=1S/C31H60N4O4S/c1-7-8-9-10-20-28(36)33-23-16-13-18-26(34-29(37)21-12-11-17-24(2)3)30(38)35-27(31(39)40-6)19-14-15-22-32-25(4)5/h24-27,32H,7-23H2,1-6H3,(H,33,36)(H,34,37)(H,35,38). The Morgan fingerprint density at radius 3 is 1.88 bits per heavy atom. The smallest absolute Gasteiger partial charge is 0.243 e. The minimum Gasteiger partial charge on any atom is -0.356 e. The molecule has 0 saturated heterocycles. The van der Waals surface area contributed by atoms with Crippen molar-refractivity contribution in [3.63, 3.8) is 0 Å². The molecule has 2 unspecified atom stereocenters. The summed E-state index contributed by atoms with van der Waals surface area (Å²) in [7, 11) is 0. The second-order valence-corrected chi connectivity index (χ2v) is 12.4. The van der Waals surface area contributed by atoms with Crippen LogP contribution >= 0.6 is 11.8 Å². The average Bonchev–Trinajstić information content (AvgIpc) is 2.90. The van der Waals surface area contributed by atoms with E-state index in [1.807, 2.05) is 0 Å². The molecule has 0 aromatic carbocycles. The molecule has 0 spiro atoms. The highest BCUT2D eigenvalue weighted by Crippen LogP contribution is 2.12. The predicted octanol–water partition coefficient (Wildman–Crippen LogP) is 5.49. The number of amides is 3. The van der Waals surface area contributed by atoms with Crippen molar-refractivity contribution in [2.45, 2.75) is 149 Å². The zero-order chi connectivity index (χ0) is 30.2. The maximum Gasteiger partial charge on any atom is 0.243 e. The normalized spacial score (nSPS) is 12.8. The van der Waals surface area contributed by atoms with Crippen molar-refractivity contribution in [1.29, 1.82) is 0 Å². The Bertz CT molecular complexity index is 703. The van der Waals surface area contributed by atoms with Gasteiger partial charge in [-0.15, -0.1) is 0 Å². The van der Waals surface area contributed by atoms with Crippen molar-refractivity contribution in [3.8, 4) is 0 Å². The van der Waals surface area contributed by atoms with E-state index in [-0.39, 0.29) is 22.8 Å². The molecule has 234 valence electrons. The van der Waals surface area contributed by atoms with E-state index in [1.54, 1.807) is 6.26 Å². The first-order valence-electron chi connectivity index (χ1n) is 15.8. The zero-order valence-electron chi connectivity index (χ0n) is 26.4. The molecule has 9 heteroatoms. The fraction of sp³-hybridized carbons (Fsp3) is 0.871. The van der Waals surface area contributed by atoms with E-state index in [0.29, 0.717) is 50.6 Å². The Hall–Kier alpha value is -1.61. The van der Waals surface area contributed by atoms with Crippen LogP contribution in [0.3, 0.4) is 0 Å². The molecule has 8 nitrogen and oxygen atoms in total. The van der Waals surface area contributed by atoms with Gasteiger partial charge in [0.15, 0.2) is 0 Å². The van der Waals surface area contributed by atoms with Crippen molar-refractivity contribution in [1.82, 2.24) is 21.3 Å². The molecule has 3 amide bonds. The minimum atomic E-state index is -0.692. The van der Waals surface area contributed by atoms with E-state index >= 15 is 0 Å². The van der Waals surface area contributed by atoms with Crippen LogP contribution in [0.5, 0.6) is 0 Å². The van der Waals surface area contributed by atoms with Crippen LogP contribution in [0, 0.1) is 5.92 Å². The van der Waals surface area contributed by atoms with Crippen LogP contribution in [-0.2, 0) is 19.2 Å². The highest BCUT2D eigenvalue weighted by atomic mass is 32.2. The van der Waals surface area contributed by atoms with Gasteiger partial charge >= 0.3 is 0 Å². The quantitative estimate of drug-likeness (QED) is 0.106. The SMILES string of the molecule is CCCCCCC(=O)NCCCCC(NC(=O)CCCCC(C)C)C(=O)NC(CCCCNC(C)C)C(=O)SC. The van der Waals surface area contributed by atoms with Gasteiger partial charge in [0, 0.05) is 25.4 Å². The molecule has 0 aliphatic rings. The lowest BCUT2D eigenvalue weighted by Gasteiger charge is -2.23. The van der Waals surface area contributed by atoms with Crippen molar-refractivity contribution in [2.75, 3.05) is 19.3 Å². The maximum atomic E-state index is 13.3. The Morgan fingerprint density at radius 2 is 1.25 bits per heavy atom. The highest BCUT2D eigenvalue weighted by Gasteiger charge is 2.26. The molecule has 0 aliphatic carbocycles. The molecule has 40 heavy (non-hydrogen) atoms. The monoisotopic (exact) mass is 584 g/mol. The van der Waals surface area contributed by atoms with Gasteiger partial charge in [-0.3, -0.25) is 19.2 Å². The topological polar surface area (TPSA) is 116 Å². The first kappa shape index (κ1) is 38.4. The number of carbonyl (C=O) groups excluding carboxylic acids is 4. The van der Waals surface area contributed by atoms with E-state index < -0.39 is 12.1 Å². The molecule has 0 fully saturated rings. The summed E-state index contributed by atoms with van der Waals surface area (Å²) in [5, 5.41) is 12.1. The molecule has 0 radical (unpaired) electrons. The molecule has 0 aromatic rings. The molecule has 0 saturated carbocycles. The van der Waals surface area contributed by atoms with Crippen LogP contribution < -0.4 is 21.3 Å². The fourth-order valence-electron chi connectivity index (χ4n) is 4.40. The number of hydrogen-bond donors (Lipinski definition) is 4. The number of carbonyl (C=O) groups is 4.